The van der Waals surface area contributed by atoms with Gasteiger partial charge in [0, 0.05) is 25.4 Å². The zero-order valence-corrected chi connectivity index (χ0v) is 11.7. The monoisotopic (exact) mass is 276 g/mol. The number of rotatable bonds is 5. The van der Waals surface area contributed by atoms with Crippen molar-refractivity contribution >= 4 is 11.9 Å². The van der Waals surface area contributed by atoms with Crippen molar-refractivity contribution in [3.05, 3.63) is 29.6 Å². The Morgan fingerprint density at radius 2 is 2.10 bits per heavy atom. The van der Waals surface area contributed by atoms with Crippen molar-refractivity contribution < 1.29 is 14.7 Å². The van der Waals surface area contributed by atoms with Gasteiger partial charge in [0.25, 0.3) is 0 Å². The summed E-state index contributed by atoms with van der Waals surface area (Å²) in [6.07, 6.45) is 6.48. The maximum Gasteiger partial charge on any atom is 0.310 e. The van der Waals surface area contributed by atoms with Crippen LogP contribution in [-0.2, 0) is 16.1 Å². The number of aliphatic carboxylic acids is 1. The number of amides is 1. The van der Waals surface area contributed by atoms with Crippen LogP contribution in [0.5, 0.6) is 0 Å². The first-order valence-corrected chi connectivity index (χ1v) is 6.93. The van der Waals surface area contributed by atoms with Crippen LogP contribution in [0.4, 0.5) is 0 Å². The van der Waals surface area contributed by atoms with Gasteiger partial charge in [-0.3, -0.25) is 14.6 Å². The minimum atomic E-state index is -0.853. The molecule has 20 heavy (non-hydrogen) atoms. The lowest BCUT2D eigenvalue weighted by Gasteiger charge is -2.22. The predicted octanol–water partition coefficient (Wildman–Crippen LogP) is 2.04. The standard InChI is InChI=1S/C15H20N2O3/c1-11-4-7-16-9-12(11)10-17-13(18)8-15(14(19)20)5-2-3-6-15/h4,7,9H,2-3,5-6,8,10H2,1H3,(H,17,18)(H,19,20). The molecule has 5 nitrogen and oxygen atoms in total. The van der Waals surface area contributed by atoms with Gasteiger partial charge in [0.15, 0.2) is 0 Å². The number of carbonyl (C=O) groups excluding carboxylic acids is 1. The topological polar surface area (TPSA) is 79.3 Å². The van der Waals surface area contributed by atoms with Gasteiger partial charge in [0.05, 0.1) is 5.41 Å². The van der Waals surface area contributed by atoms with Gasteiger partial charge in [-0.25, -0.2) is 0 Å². The van der Waals surface area contributed by atoms with Crippen LogP contribution in [0.3, 0.4) is 0 Å². The Kier molecular flexibility index (Phi) is 4.37. The number of nitrogens with one attached hydrogen (secondary N) is 1. The molecule has 0 unspecified atom stereocenters. The summed E-state index contributed by atoms with van der Waals surface area (Å²) < 4.78 is 0. The summed E-state index contributed by atoms with van der Waals surface area (Å²) in [5.41, 5.74) is 1.17. The summed E-state index contributed by atoms with van der Waals surface area (Å²) in [5.74, 6) is -1.04. The van der Waals surface area contributed by atoms with Gasteiger partial charge < -0.3 is 10.4 Å². The summed E-state index contributed by atoms with van der Waals surface area (Å²) in [5, 5.41) is 12.2. The highest BCUT2D eigenvalue weighted by Gasteiger charge is 2.42. The van der Waals surface area contributed by atoms with Crippen molar-refractivity contribution in [1.29, 1.82) is 0 Å². The molecule has 0 aromatic carbocycles. The molecule has 0 radical (unpaired) electrons. The minimum absolute atomic E-state index is 0.0711. The highest BCUT2D eigenvalue weighted by atomic mass is 16.4. The maximum absolute atomic E-state index is 12.0. The summed E-state index contributed by atoms with van der Waals surface area (Å²) in [7, 11) is 0. The molecule has 0 spiro atoms. The zero-order valence-electron chi connectivity index (χ0n) is 11.7. The molecular weight excluding hydrogens is 256 g/mol. The molecule has 0 saturated heterocycles. The van der Waals surface area contributed by atoms with E-state index >= 15 is 0 Å². The van der Waals surface area contributed by atoms with E-state index in [1.165, 1.54) is 0 Å². The van der Waals surface area contributed by atoms with E-state index < -0.39 is 11.4 Å². The number of carboxylic acid groups (broad SMARTS) is 1. The Morgan fingerprint density at radius 3 is 2.70 bits per heavy atom. The molecule has 0 bridgehead atoms. The second kappa shape index (κ2) is 6.03. The third-order valence-corrected chi connectivity index (χ3v) is 4.14. The van der Waals surface area contributed by atoms with Gasteiger partial charge in [0.2, 0.25) is 5.91 Å². The van der Waals surface area contributed by atoms with Crippen LogP contribution in [0.25, 0.3) is 0 Å². The van der Waals surface area contributed by atoms with Crippen LogP contribution in [0.2, 0.25) is 0 Å². The summed E-state index contributed by atoms with van der Waals surface area (Å²) >= 11 is 0. The first kappa shape index (κ1) is 14.5. The Labute approximate surface area is 118 Å². The number of aromatic nitrogens is 1. The largest absolute Gasteiger partial charge is 0.481 e. The van der Waals surface area contributed by atoms with Crippen LogP contribution in [0.1, 0.15) is 43.2 Å². The van der Waals surface area contributed by atoms with Crippen LogP contribution in [0.15, 0.2) is 18.5 Å². The molecule has 2 rings (SSSR count). The Bertz CT molecular complexity index is 508. The van der Waals surface area contributed by atoms with Gasteiger partial charge in [0.1, 0.15) is 0 Å². The smallest absolute Gasteiger partial charge is 0.310 e. The average molecular weight is 276 g/mol. The third kappa shape index (κ3) is 3.15. The SMILES string of the molecule is Cc1ccncc1CNC(=O)CC1(C(=O)O)CCCC1. The number of carbonyl (C=O) groups is 2. The van der Waals surface area contributed by atoms with Crippen molar-refractivity contribution in [2.75, 3.05) is 0 Å². The molecule has 1 saturated carbocycles. The van der Waals surface area contributed by atoms with Crippen molar-refractivity contribution in [3.8, 4) is 0 Å². The second-order valence-electron chi connectivity index (χ2n) is 5.55. The van der Waals surface area contributed by atoms with Gasteiger partial charge in [-0.15, -0.1) is 0 Å². The minimum Gasteiger partial charge on any atom is -0.481 e. The number of hydrogen-bond acceptors (Lipinski definition) is 3. The molecule has 1 aliphatic rings. The van der Waals surface area contributed by atoms with Crippen molar-refractivity contribution in [2.24, 2.45) is 5.41 Å². The number of carboxylic acids is 1. The van der Waals surface area contributed by atoms with E-state index in [-0.39, 0.29) is 12.3 Å². The van der Waals surface area contributed by atoms with Gasteiger partial charge in [-0.05, 0) is 37.0 Å². The molecule has 1 aromatic heterocycles. The molecule has 108 valence electrons. The molecule has 1 heterocycles. The van der Waals surface area contributed by atoms with E-state index in [4.69, 9.17) is 0 Å². The molecular formula is C15H20N2O3. The van der Waals surface area contributed by atoms with E-state index in [0.29, 0.717) is 19.4 Å². The quantitative estimate of drug-likeness (QED) is 0.862. The van der Waals surface area contributed by atoms with Gasteiger partial charge in [-0.1, -0.05) is 12.8 Å². The zero-order chi connectivity index (χ0) is 14.6. The lowest BCUT2D eigenvalue weighted by Crippen LogP contribution is -2.35. The molecule has 2 N–H and O–H groups in total. The third-order valence-electron chi connectivity index (χ3n) is 4.14. The fraction of sp³-hybridized carbons (Fsp3) is 0.533. The van der Waals surface area contributed by atoms with E-state index in [1.54, 1.807) is 12.4 Å². The van der Waals surface area contributed by atoms with Gasteiger partial charge in [-0.2, -0.15) is 0 Å². The van der Waals surface area contributed by atoms with E-state index in [1.807, 2.05) is 13.0 Å². The highest BCUT2D eigenvalue weighted by molar-refractivity contribution is 5.85. The van der Waals surface area contributed by atoms with Crippen LogP contribution in [0, 0.1) is 12.3 Å². The number of aryl methyl sites for hydroxylation is 1. The lowest BCUT2D eigenvalue weighted by molar-refractivity contribution is -0.151. The molecule has 1 aliphatic carbocycles. The highest BCUT2D eigenvalue weighted by Crippen LogP contribution is 2.41. The average Bonchev–Trinajstić information content (AvgIpc) is 2.88. The summed E-state index contributed by atoms with van der Waals surface area (Å²) in [6.45, 7) is 2.35. The number of nitrogens with zero attached hydrogens (tertiary/aromatic N) is 1. The molecule has 1 fully saturated rings. The van der Waals surface area contributed by atoms with E-state index in [9.17, 15) is 14.7 Å². The van der Waals surface area contributed by atoms with E-state index in [0.717, 1.165) is 24.0 Å². The Hall–Kier alpha value is -1.91. The molecule has 0 atom stereocenters. The van der Waals surface area contributed by atoms with Crippen LogP contribution in [-0.4, -0.2) is 22.0 Å². The molecule has 1 amide bonds. The predicted molar refractivity (Wildman–Crippen MR) is 74.0 cm³/mol. The summed E-state index contributed by atoms with van der Waals surface area (Å²) in [4.78, 5) is 27.4. The fourth-order valence-electron chi connectivity index (χ4n) is 2.76. The van der Waals surface area contributed by atoms with Crippen molar-refractivity contribution in [2.45, 2.75) is 45.6 Å². The molecule has 1 aromatic rings. The second-order valence-corrected chi connectivity index (χ2v) is 5.55. The first-order valence-electron chi connectivity index (χ1n) is 6.93. The van der Waals surface area contributed by atoms with E-state index in [2.05, 4.69) is 10.3 Å². The molecule has 5 heteroatoms. The Morgan fingerprint density at radius 1 is 1.40 bits per heavy atom. The normalized spacial score (nSPS) is 16.9. The van der Waals surface area contributed by atoms with Crippen LogP contribution < -0.4 is 5.32 Å². The fourth-order valence-corrected chi connectivity index (χ4v) is 2.76. The first-order chi connectivity index (χ1) is 9.53. The Balaban J connectivity index is 1.92. The number of hydrogen-bond donors (Lipinski definition) is 2. The lowest BCUT2D eigenvalue weighted by atomic mass is 9.82. The van der Waals surface area contributed by atoms with Crippen LogP contribution >= 0.6 is 0 Å². The number of pyridine rings is 1. The molecule has 0 aliphatic heterocycles. The van der Waals surface area contributed by atoms with Crippen molar-refractivity contribution in [1.82, 2.24) is 10.3 Å². The summed E-state index contributed by atoms with van der Waals surface area (Å²) in [6, 6.07) is 1.89. The van der Waals surface area contributed by atoms with Crippen molar-refractivity contribution in [3.63, 3.8) is 0 Å². The van der Waals surface area contributed by atoms with Gasteiger partial charge >= 0.3 is 5.97 Å². The maximum atomic E-state index is 12.0.